The van der Waals surface area contributed by atoms with Crippen molar-refractivity contribution in [1.29, 1.82) is 0 Å². The molecule has 0 saturated carbocycles. The lowest BCUT2D eigenvalue weighted by Crippen LogP contribution is -2.10. The maximum Gasteiger partial charge on any atom is 0.357 e. The number of aliphatic hydroxyl groups excluding tert-OH is 1. The van der Waals surface area contributed by atoms with Gasteiger partial charge >= 0.3 is 5.97 Å². The number of aliphatic hydroxyl groups is 1. The Morgan fingerprint density at radius 1 is 1.42 bits per heavy atom. The third kappa shape index (κ3) is 3.52. The summed E-state index contributed by atoms with van der Waals surface area (Å²) >= 11 is 1.19. The van der Waals surface area contributed by atoms with Crippen LogP contribution in [0.3, 0.4) is 0 Å². The minimum atomic E-state index is -0.872. The number of methoxy groups -OCH3 is 1. The maximum absolute atomic E-state index is 11.2. The lowest BCUT2D eigenvalue weighted by molar-refractivity contribution is 0.0593. The van der Waals surface area contributed by atoms with Gasteiger partial charge in [0.2, 0.25) is 0 Å². The first-order valence-electron chi connectivity index (χ1n) is 5.60. The van der Waals surface area contributed by atoms with Crippen LogP contribution in [-0.2, 0) is 4.74 Å². The van der Waals surface area contributed by atoms with E-state index in [1.807, 2.05) is 18.2 Å². The molecule has 1 heterocycles. The van der Waals surface area contributed by atoms with Gasteiger partial charge in [0.15, 0.2) is 5.69 Å². The van der Waals surface area contributed by atoms with Gasteiger partial charge < -0.3 is 14.6 Å². The number of ether oxygens (including phenoxy) is 2. The van der Waals surface area contributed by atoms with E-state index in [0.29, 0.717) is 10.8 Å². The van der Waals surface area contributed by atoms with Gasteiger partial charge in [-0.2, -0.15) is 0 Å². The normalized spacial score (nSPS) is 11.9. The second kappa shape index (κ2) is 6.31. The van der Waals surface area contributed by atoms with Gasteiger partial charge in [-0.25, -0.2) is 9.78 Å². The first-order chi connectivity index (χ1) is 9.20. The molecule has 0 saturated heterocycles. The predicted octanol–water partition coefficient (Wildman–Crippen LogP) is 2.04. The standard InChI is InChI=1S/C13H13NO4S/c1-17-13(16)10-8-19-12(14-10)11(15)7-18-9-5-3-2-4-6-9/h2-6,8,11,15H,7H2,1H3. The summed E-state index contributed by atoms with van der Waals surface area (Å²) in [5.74, 6) is 0.157. The number of benzene rings is 1. The third-order valence-electron chi connectivity index (χ3n) is 2.35. The largest absolute Gasteiger partial charge is 0.490 e. The Morgan fingerprint density at radius 3 is 2.84 bits per heavy atom. The van der Waals surface area contributed by atoms with E-state index >= 15 is 0 Å². The van der Waals surface area contributed by atoms with Gasteiger partial charge in [0.05, 0.1) is 7.11 Å². The van der Waals surface area contributed by atoms with Crippen molar-refractivity contribution in [3.05, 3.63) is 46.4 Å². The van der Waals surface area contributed by atoms with Crippen LogP contribution in [0.1, 0.15) is 21.6 Å². The summed E-state index contributed by atoms with van der Waals surface area (Å²) in [6, 6.07) is 9.18. The number of esters is 1. The van der Waals surface area contributed by atoms with E-state index in [2.05, 4.69) is 9.72 Å². The number of hydrogen-bond acceptors (Lipinski definition) is 6. The van der Waals surface area contributed by atoms with E-state index in [1.165, 1.54) is 18.4 Å². The van der Waals surface area contributed by atoms with Crippen LogP contribution in [0.4, 0.5) is 0 Å². The van der Waals surface area contributed by atoms with Crippen molar-refractivity contribution in [2.45, 2.75) is 6.10 Å². The molecule has 1 aromatic heterocycles. The number of para-hydroxylation sites is 1. The summed E-state index contributed by atoms with van der Waals surface area (Å²) in [6.45, 7) is 0.0815. The van der Waals surface area contributed by atoms with E-state index in [1.54, 1.807) is 17.5 Å². The van der Waals surface area contributed by atoms with Crippen LogP contribution in [0.25, 0.3) is 0 Å². The van der Waals surface area contributed by atoms with Crippen LogP contribution < -0.4 is 4.74 Å². The quantitative estimate of drug-likeness (QED) is 0.848. The topological polar surface area (TPSA) is 68.7 Å². The molecule has 1 N–H and O–H groups in total. The molecule has 0 aliphatic rings. The van der Waals surface area contributed by atoms with Crippen molar-refractivity contribution in [1.82, 2.24) is 4.98 Å². The van der Waals surface area contributed by atoms with E-state index in [9.17, 15) is 9.90 Å². The molecule has 0 bridgehead atoms. The first kappa shape index (κ1) is 13.5. The van der Waals surface area contributed by atoms with Gasteiger partial charge in [-0.05, 0) is 12.1 Å². The summed E-state index contributed by atoms with van der Waals surface area (Å²) < 4.78 is 9.97. The average Bonchev–Trinajstić information content (AvgIpc) is 2.95. The molecule has 2 aromatic rings. The second-order valence-corrected chi connectivity index (χ2v) is 4.59. The molecule has 19 heavy (non-hydrogen) atoms. The molecule has 0 amide bonds. The zero-order valence-corrected chi connectivity index (χ0v) is 11.1. The predicted molar refractivity (Wildman–Crippen MR) is 70.4 cm³/mol. The summed E-state index contributed by atoms with van der Waals surface area (Å²) in [5, 5.41) is 11.9. The molecule has 1 atom stereocenters. The summed E-state index contributed by atoms with van der Waals surface area (Å²) in [7, 11) is 1.29. The molecule has 0 aliphatic carbocycles. The van der Waals surface area contributed by atoms with Crippen molar-refractivity contribution in [3.63, 3.8) is 0 Å². The van der Waals surface area contributed by atoms with Crippen molar-refractivity contribution >= 4 is 17.3 Å². The Bertz CT molecular complexity index is 541. The molecule has 6 heteroatoms. The second-order valence-electron chi connectivity index (χ2n) is 3.70. The Hall–Kier alpha value is -1.92. The number of hydrogen-bond donors (Lipinski definition) is 1. The van der Waals surface area contributed by atoms with Crippen molar-refractivity contribution in [3.8, 4) is 5.75 Å². The molecule has 0 radical (unpaired) electrons. The summed E-state index contributed by atoms with van der Waals surface area (Å²) in [6.07, 6.45) is -0.872. The van der Waals surface area contributed by atoms with Gasteiger partial charge in [0, 0.05) is 5.38 Å². The molecule has 1 unspecified atom stereocenters. The Morgan fingerprint density at radius 2 is 2.16 bits per heavy atom. The average molecular weight is 279 g/mol. The van der Waals surface area contributed by atoms with Crippen molar-refractivity contribution in [2.24, 2.45) is 0 Å². The lowest BCUT2D eigenvalue weighted by Gasteiger charge is -2.09. The van der Waals surface area contributed by atoms with Gasteiger partial charge in [0.1, 0.15) is 23.5 Å². The molecule has 0 fully saturated rings. The number of carbonyl (C=O) groups excluding carboxylic acids is 1. The molecule has 0 aliphatic heterocycles. The zero-order valence-electron chi connectivity index (χ0n) is 10.3. The van der Waals surface area contributed by atoms with Gasteiger partial charge in [-0.1, -0.05) is 18.2 Å². The monoisotopic (exact) mass is 279 g/mol. The Kier molecular flexibility index (Phi) is 4.48. The van der Waals surface area contributed by atoms with Crippen LogP contribution in [0.15, 0.2) is 35.7 Å². The van der Waals surface area contributed by atoms with Crippen LogP contribution in [0.2, 0.25) is 0 Å². The van der Waals surface area contributed by atoms with Gasteiger partial charge in [-0.15, -0.1) is 11.3 Å². The molecule has 100 valence electrons. The summed E-state index contributed by atoms with van der Waals surface area (Å²) in [4.78, 5) is 15.2. The highest BCUT2D eigenvalue weighted by atomic mass is 32.1. The van der Waals surface area contributed by atoms with Crippen LogP contribution >= 0.6 is 11.3 Å². The Labute approximate surface area is 114 Å². The number of carbonyl (C=O) groups is 1. The van der Waals surface area contributed by atoms with E-state index in [0.717, 1.165) is 0 Å². The molecule has 0 spiro atoms. The molecular formula is C13H13NO4S. The van der Waals surface area contributed by atoms with E-state index in [4.69, 9.17) is 4.74 Å². The summed E-state index contributed by atoms with van der Waals surface area (Å²) in [5.41, 5.74) is 0.196. The van der Waals surface area contributed by atoms with Crippen LogP contribution in [0.5, 0.6) is 5.75 Å². The minimum absolute atomic E-state index is 0.0815. The number of nitrogens with zero attached hydrogens (tertiary/aromatic N) is 1. The number of thiazole rings is 1. The fourth-order valence-electron chi connectivity index (χ4n) is 1.40. The minimum Gasteiger partial charge on any atom is -0.490 e. The van der Waals surface area contributed by atoms with Crippen molar-refractivity contribution in [2.75, 3.05) is 13.7 Å². The fourth-order valence-corrected chi connectivity index (χ4v) is 2.16. The lowest BCUT2D eigenvalue weighted by atomic mass is 10.3. The Balaban J connectivity index is 1.94. The smallest absolute Gasteiger partial charge is 0.357 e. The van der Waals surface area contributed by atoms with Crippen molar-refractivity contribution < 1.29 is 19.4 Å². The van der Waals surface area contributed by atoms with E-state index in [-0.39, 0.29) is 12.3 Å². The SMILES string of the molecule is COC(=O)c1csc(C(O)COc2ccccc2)n1. The van der Waals surface area contributed by atoms with Crippen LogP contribution in [0, 0.1) is 0 Å². The molecule has 1 aromatic carbocycles. The zero-order chi connectivity index (χ0) is 13.7. The highest BCUT2D eigenvalue weighted by Crippen LogP contribution is 2.20. The van der Waals surface area contributed by atoms with Gasteiger partial charge in [0.25, 0.3) is 0 Å². The number of rotatable bonds is 5. The fraction of sp³-hybridized carbons (Fsp3) is 0.231. The van der Waals surface area contributed by atoms with Gasteiger partial charge in [-0.3, -0.25) is 0 Å². The highest BCUT2D eigenvalue weighted by molar-refractivity contribution is 7.09. The van der Waals surface area contributed by atoms with E-state index < -0.39 is 12.1 Å². The first-order valence-corrected chi connectivity index (χ1v) is 6.48. The molecule has 2 rings (SSSR count). The number of aromatic nitrogens is 1. The highest BCUT2D eigenvalue weighted by Gasteiger charge is 2.16. The van der Waals surface area contributed by atoms with Crippen LogP contribution in [-0.4, -0.2) is 29.8 Å². The maximum atomic E-state index is 11.2. The molecule has 5 nitrogen and oxygen atoms in total. The third-order valence-corrected chi connectivity index (χ3v) is 3.30. The molecular weight excluding hydrogens is 266 g/mol.